The highest BCUT2D eigenvalue weighted by Gasteiger charge is 2.33. The molecule has 0 aromatic rings. The SMILES string of the molecule is O=C(O)[C@H]1CC[C@@H](C(=O)NCCCN2CCOCC2)C1. The zero-order chi connectivity index (χ0) is 14.4. The molecule has 1 saturated heterocycles. The summed E-state index contributed by atoms with van der Waals surface area (Å²) in [7, 11) is 0. The van der Waals surface area contributed by atoms with Crippen molar-refractivity contribution in [3.8, 4) is 0 Å². The topological polar surface area (TPSA) is 78.9 Å². The molecule has 0 aromatic heterocycles. The number of carbonyl (C=O) groups is 2. The fourth-order valence-corrected chi connectivity index (χ4v) is 2.93. The Kier molecular flexibility index (Phi) is 5.79. The van der Waals surface area contributed by atoms with E-state index in [4.69, 9.17) is 9.84 Å². The van der Waals surface area contributed by atoms with Gasteiger partial charge in [-0.05, 0) is 32.2 Å². The molecule has 1 amide bonds. The summed E-state index contributed by atoms with van der Waals surface area (Å²) >= 11 is 0. The van der Waals surface area contributed by atoms with Crippen LogP contribution >= 0.6 is 0 Å². The second kappa shape index (κ2) is 7.59. The van der Waals surface area contributed by atoms with Gasteiger partial charge in [-0.2, -0.15) is 0 Å². The van der Waals surface area contributed by atoms with Gasteiger partial charge in [0.1, 0.15) is 0 Å². The van der Waals surface area contributed by atoms with Gasteiger partial charge in [0.15, 0.2) is 0 Å². The highest BCUT2D eigenvalue weighted by Crippen LogP contribution is 2.30. The lowest BCUT2D eigenvalue weighted by Crippen LogP contribution is -2.38. The number of morpholine rings is 1. The van der Waals surface area contributed by atoms with Crippen LogP contribution in [0.3, 0.4) is 0 Å². The van der Waals surface area contributed by atoms with E-state index in [1.807, 2.05) is 0 Å². The monoisotopic (exact) mass is 284 g/mol. The lowest BCUT2D eigenvalue weighted by Gasteiger charge is -2.26. The summed E-state index contributed by atoms with van der Waals surface area (Å²) in [6, 6.07) is 0. The quantitative estimate of drug-likeness (QED) is 0.687. The van der Waals surface area contributed by atoms with Gasteiger partial charge in [0.05, 0.1) is 19.1 Å². The summed E-state index contributed by atoms with van der Waals surface area (Å²) < 4.78 is 5.28. The van der Waals surface area contributed by atoms with Crippen molar-refractivity contribution in [1.82, 2.24) is 10.2 Å². The van der Waals surface area contributed by atoms with E-state index in [-0.39, 0.29) is 17.7 Å². The molecule has 114 valence electrons. The summed E-state index contributed by atoms with van der Waals surface area (Å²) in [6.45, 7) is 5.18. The van der Waals surface area contributed by atoms with Gasteiger partial charge in [0.25, 0.3) is 0 Å². The zero-order valence-corrected chi connectivity index (χ0v) is 11.8. The number of carboxylic acid groups (broad SMARTS) is 1. The van der Waals surface area contributed by atoms with Crippen molar-refractivity contribution >= 4 is 11.9 Å². The molecule has 2 N–H and O–H groups in total. The van der Waals surface area contributed by atoms with Crippen molar-refractivity contribution in [2.24, 2.45) is 11.8 Å². The molecule has 2 atom stereocenters. The van der Waals surface area contributed by atoms with Crippen LogP contribution in [0.4, 0.5) is 0 Å². The third-order valence-corrected chi connectivity index (χ3v) is 4.21. The molecule has 20 heavy (non-hydrogen) atoms. The van der Waals surface area contributed by atoms with Crippen molar-refractivity contribution < 1.29 is 19.4 Å². The standard InChI is InChI=1S/C14H24N2O4/c17-13(11-2-3-12(10-11)14(18)19)15-4-1-5-16-6-8-20-9-7-16/h11-12H,1-10H2,(H,15,17)(H,18,19)/t11-,12+/m1/s1. The minimum atomic E-state index is -0.771. The fraction of sp³-hybridized carbons (Fsp3) is 0.857. The van der Waals surface area contributed by atoms with Gasteiger partial charge in [-0.3, -0.25) is 14.5 Å². The Hall–Kier alpha value is -1.14. The first-order chi connectivity index (χ1) is 9.66. The number of rotatable bonds is 6. The number of carboxylic acids is 1. The van der Waals surface area contributed by atoms with Crippen molar-refractivity contribution in [2.45, 2.75) is 25.7 Å². The molecule has 0 unspecified atom stereocenters. The lowest BCUT2D eigenvalue weighted by molar-refractivity contribution is -0.141. The number of carbonyl (C=O) groups excluding carboxylic acids is 1. The van der Waals surface area contributed by atoms with Crippen LogP contribution in [-0.4, -0.2) is 61.3 Å². The number of amides is 1. The molecule has 0 aromatic carbocycles. The van der Waals surface area contributed by atoms with E-state index >= 15 is 0 Å². The van der Waals surface area contributed by atoms with E-state index < -0.39 is 5.97 Å². The van der Waals surface area contributed by atoms with Crippen molar-refractivity contribution in [1.29, 1.82) is 0 Å². The molecular formula is C14H24N2O4. The van der Waals surface area contributed by atoms with Crippen LogP contribution in [0.15, 0.2) is 0 Å². The Labute approximate surface area is 119 Å². The van der Waals surface area contributed by atoms with Crippen molar-refractivity contribution in [3.05, 3.63) is 0 Å². The first-order valence-corrected chi connectivity index (χ1v) is 7.47. The van der Waals surface area contributed by atoms with E-state index in [9.17, 15) is 9.59 Å². The van der Waals surface area contributed by atoms with E-state index in [1.54, 1.807) is 0 Å². The van der Waals surface area contributed by atoms with E-state index in [1.165, 1.54) is 0 Å². The zero-order valence-electron chi connectivity index (χ0n) is 11.8. The molecule has 1 saturated carbocycles. The smallest absolute Gasteiger partial charge is 0.306 e. The van der Waals surface area contributed by atoms with Crippen LogP contribution in [0.2, 0.25) is 0 Å². The molecule has 1 aliphatic heterocycles. The Balaban J connectivity index is 1.57. The van der Waals surface area contributed by atoms with Crippen molar-refractivity contribution in [2.75, 3.05) is 39.4 Å². The first-order valence-electron chi connectivity index (χ1n) is 7.47. The van der Waals surface area contributed by atoms with Crippen LogP contribution in [0, 0.1) is 11.8 Å². The van der Waals surface area contributed by atoms with E-state index in [0.29, 0.717) is 25.8 Å². The number of nitrogens with zero attached hydrogens (tertiary/aromatic N) is 1. The normalized spacial score (nSPS) is 27.4. The number of hydrogen-bond acceptors (Lipinski definition) is 4. The molecule has 6 nitrogen and oxygen atoms in total. The summed E-state index contributed by atoms with van der Waals surface area (Å²) in [5.41, 5.74) is 0. The molecular weight excluding hydrogens is 260 g/mol. The summed E-state index contributed by atoms with van der Waals surface area (Å²) in [5, 5.41) is 11.9. The number of nitrogens with one attached hydrogen (secondary N) is 1. The molecule has 2 rings (SSSR count). The van der Waals surface area contributed by atoms with E-state index in [0.717, 1.165) is 39.3 Å². The minimum absolute atomic E-state index is 0.0238. The molecule has 2 fully saturated rings. The van der Waals surface area contributed by atoms with Gasteiger partial charge >= 0.3 is 5.97 Å². The highest BCUT2D eigenvalue weighted by molar-refractivity contribution is 5.80. The Bertz CT molecular complexity index is 342. The predicted octanol–water partition coefficient (Wildman–Crippen LogP) is 0.326. The van der Waals surface area contributed by atoms with Crippen LogP contribution < -0.4 is 5.32 Å². The summed E-state index contributed by atoms with van der Waals surface area (Å²) in [4.78, 5) is 25.1. The second-order valence-electron chi connectivity index (χ2n) is 5.64. The van der Waals surface area contributed by atoms with Crippen LogP contribution in [0.5, 0.6) is 0 Å². The van der Waals surface area contributed by atoms with Gasteiger partial charge in [-0.1, -0.05) is 0 Å². The molecule has 1 heterocycles. The van der Waals surface area contributed by atoms with Gasteiger partial charge in [0, 0.05) is 25.6 Å². The summed E-state index contributed by atoms with van der Waals surface area (Å²) in [6.07, 6.45) is 2.75. The largest absolute Gasteiger partial charge is 0.481 e. The first kappa shape index (κ1) is 15.3. The predicted molar refractivity (Wildman–Crippen MR) is 73.4 cm³/mol. The lowest BCUT2D eigenvalue weighted by atomic mass is 10.0. The third kappa shape index (κ3) is 4.45. The minimum Gasteiger partial charge on any atom is -0.481 e. The van der Waals surface area contributed by atoms with Gasteiger partial charge in [-0.25, -0.2) is 0 Å². The molecule has 1 aliphatic carbocycles. The number of ether oxygens (including phenoxy) is 1. The second-order valence-corrected chi connectivity index (χ2v) is 5.64. The highest BCUT2D eigenvalue weighted by atomic mass is 16.5. The maximum Gasteiger partial charge on any atom is 0.306 e. The number of hydrogen-bond donors (Lipinski definition) is 2. The fourth-order valence-electron chi connectivity index (χ4n) is 2.93. The van der Waals surface area contributed by atoms with Crippen molar-refractivity contribution in [3.63, 3.8) is 0 Å². The summed E-state index contributed by atoms with van der Waals surface area (Å²) in [5.74, 6) is -1.19. The van der Waals surface area contributed by atoms with Crippen LogP contribution in [0.1, 0.15) is 25.7 Å². The molecule has 0 spiro atoms. The third-order valence-electron chi connectivity index (χ3n) is 4.21. The van der Waals surface area contributed by atoms with Gasteiger partial charge in [-0.15, -0.1) is 0 Å². The average Bonchev–Trinajstić information content (AvgIpc) is 2.94. The molecule has 2 aliphatic rings. The average molecular weight is 284 g/mol. The Morgan fingerprint density at radius 3 is 2.55 bits per heavy atom. The van der Waals surface area contributed by atoms with E-state index in [2.05, 4.69) is 10.2 Å². The molecule has 0 radical (unpaired) electrons. The Morgan fingerprint density at radius 2 is 1.90 bits per heavy atom. The van der Waals surface area contributed by atoms with Gasteiger partial charge in [0.2, 0.25) is 5.91 Å². The maximum atomic E-state index is 11.9. The maximum absolute atomic E-state index is 11.9. The van der Waals surface area contributed by atoms with Crippen LogP contribution in [0.25, 0.3) is 0 Å². The number of aliphatic carboxylic acids is 1. The van der Waals surface area contributed by atoms with Crippen LogP contribution in [-0.2, 0) is 14.3 Å². The molecule has 6 heteroatoms. The van der Waals surface area contributed by atoms with Gasteiger partial charge < -0.3 is 15.2 Å². The molecule has 0 bridgehead atoms. The Morgan fingerprint density at radius 1 is 1.20 bits per heavy atom.